The fourth-order valence-electron chi connectivity index (χ4n) is 2.16. The molecule has 0 fully saturated rings. The van der Waals surface area contributed by atoms with E-state index in [2.05, 4.69) is 4.18 Å². The lowest BCUT2D eigenvalue weighted by atomic mass is 10.0. The van der Waals surface area contributed by atoms with E-state index in [1.54, 1.807) is 27.7 Å². The van der Waals surface area contributed by atoms with Gasteiger partial charge in [0.15, 0.2) is 12.4 Å². The third kappa shape index (κ3) is 6.39. The molecule has 0 aliphatic heterocycles. The Kier molecular flexibility index (Phi) is 7.10. The molecule has 0 spiro atoms. The van der Waals surface area contributed by atoms with E-state index in [0.29, 0.717) is 0 Å². The van der Waals surface area contributed by atoms with Crippen LogP contribution in [0.5, 0.6) is 11.5 Å². The highest BCUT2D eigenvalue weighted by Crippen LogP contribution is 2.33. The maximum absolute atomic E-state index is 12.6. The molecule has 7 nitrogen and oxygen atoms in total. The fourth-order valence-corrected chi connectivity index (χ4v) is 2.60. The van der Waals surface area contributed by atoms with E-state index in [9.17, 15) is 31.2 Å². The van der Waals surface area contributed by atoms with Gasteiger partial charge in [-0.05, 0) is 40.2 Å². The highest BCUT2D eigenvalue weighted by atomic mass is 32.2. The van der Waals surface area contributed by atoms with Crippen LogP contribution in [0.1, 0.15) is 50.5 Å². The van der Waals surface area contributed by atoms with Crippen LogP contribution in [0.4, 0.5) is 13.2 Å². The highest BCUT2D eigenvalue weighted by molar-refractivity contribution is 7.88. The summed E-state index contributed by atoms with van der Waals surface area (Å²) in [6.07, 6.45) is 0.227. The summed E-state index contributed by atoms with van der Waals surface area (Å²) in [5.41, 5.74) is -6.24. The Bertz CT molecular complexity index is 853. The molecule has 0 unspecified atom stereocenters. The van der Waals surface area contributed by atoms with Gasteiger partial charge in [0, 0.05) is 17.2 Å². The number of Topliss-reactive ketones (excluding diaryl/α,β-unsaturated/α-hetero) is 1. The monoisotopic (exact) mass is 426 g/mol. The van der Waals surface area contributed by atoms with E-state index in [1.807, 2.05) is 0 Å². The van der Waals surface area contributed by atoms with E-state index >= 15 is 0 Å². The topological polar surface area (TPSA) is 96.0 Å². The Balaban J connectivity index is 3.29. The smallest absolute Gasteiger partial charge is 0.481 e. The molecule has 0 saturated heterocycles. The molecule has 0 aliphatic rings. The summed E-state index contributed by atoms with van der Waals surface area (Å²) in [4.78, 5) is 23.6. The summed E-state index contributed by atoms with van der Waals surface area (Å²) in [6, 6.07) is 1.75. The van der Waals surface area contributed by atoms with Crippen molar-refractivity contribution in [3.8, 4) is 11.5 Å². The maximum Gasteiger partial charge on any atom is 0.534 e. The van der Waals surface area contributed by atoms with Crippen molar-refractivity contribution >= 4 is 21.9 Å². The number of hydrogen-bond donors (Lipinski definition) is 0. The normalized spacial score (nSPS) is 12.4. The summed E-state index contributed by atoms with van der Waals surface area (Å²) in [5, 5.41) is 0. The van der Waals surface area contributed by atoms with Crippen molar-refractivity contribution in [1.82, 2.24) is 0 Å². The van der Waals surface area contributed by atoms with Crippen molar-refractivity contribution < 1.29 is 44.8 Å². The molecule has 1 aromatic rings. The Morgan fingerprint density at radius 2 is 1.68 bits per heavy atom. The number of ketones is 1. The average Bonchev–Trinajstić information content (AvgIpc) is 2.49. The molecule has 0 amide bonds. The van der Waals surface area contributed by atoms with E-state index in [4.69, 9.17) is 9.47 Å². The van der Waals surface area contributed by atoms with Crippen molar-refractivity contribution in [3.63, 3.8) is 0 Å². The summed E-state index contributed by atoms with van der Waals surface area (Å²) in [7, 11) is -5.94. The van der Waals surface area contributed by atoms with Crippen LogP contribution in [-0.2, 0) is 26.1 Å². The van der Waals surface area contributed by atoms with E-state index in [-0.39, 0.29) is 23.3 Å². The second-order valence-electron chi connectivity index (χ2n) is 6.72. The van der Waals surface area contributed by atoms with Crippen LogP contribution in [0.25, 0.3) is 0 Å². The van der Waals surface area contributed by atoms with Crippen molar-refractivity contribution in [2.75, 3.05) is 6.61 Å². The Hall–Kier alpha value is -2.30. The first kappa shape index (κ1) is 23.7. The number of esters is 1. The number of ether oxygens (including phenoxy) is 2. The van der Waals surface area contributed by atoms with Crippen LogP contribution in [-0.4, -0.2) is 37.9 Å². The molecule has 1 aromatic carbocycles. The van der Waals surface area contributed by atoms with E-state index in [0.717, 1.165) is 19.1 Å². The highest BCUT2D eigenvalue weighted by Gasteiger charge is 2.48. The zero-order chi connectivity index (χ0) is 21.9. The second kappa shape index (κ2) is 8.38. The first-order chi connectivity index (χ1) is 12.6. The molecule has 0 aromatic heterocycles. The number of halogens is 3. The van der Waals surface area contributed by atoms with E-state index in [1.165, 1.54) is 0 Å². The number of rotatable bonds is 7. The molecule has 11 heteroatoms. The third-order valence-corrected chi connectivity index (χ3v) is 4.15. The van der Waals surface area contributed by atoms with E-state index < -0.39 is 45.3 Å². The van der Waals surface area contributed by atoms with Crippen molar-refractivity contribution in [1.29, 1.82) is 0 Å². The minimum Gasteiger partial charge on any atom is -0.481 e. The van der Waals surface area contributed by atoms with Crippen LogP contribution in [0.2, 0.25) is 0 Å². The minimum atomic E-state index is -5.94. The van der Waals surface area contributed by atoms with Gasteiger partial charge in [0.05, 0.1) is 0 Å². The summed E-state index contributed by atoms with van der Waals surface area (Å²) >= 11 is 0. The predicted molar refractivity (Wildman–Crippen MR) is 92.8 cm³/mol. The number of benzene rings is 1. The van der Waals surface area contributed by atoms with Crippen LogP contribution in [0, 0.1) is 0 Å². The van der Waals surface area contributed by atoms with Crippen LogP contribution in [0.15, 0.2) is 12.1 Å². The molecule has 158 valence electrons. The summed E-state index contributed by atoms with van der Waals surface area (Å²) in [5.74, 6) is -2.23. The Morgan fingerprint density at radius 3 is 2.11 bits per heavy atom. The van der Waals surface area contributed by atoms with Gasteiger partial charge in [-0.25, -0.2) is 4.79 Å². The van der Waals surface area contributed by atoms with Crippen molar-refractivity contribution in [2.45, 2.75) is 52.1 Å². The molecule has 0 N–H and O–H groups in total. The first-order valence-electron chi connectivity index (χ1n) is 8.10. The van der Waals surface area contributed by atoms with Gasteiger partial charge in [0.1, 0.15) is 17.1 Å². The van der Waals surface area contributed by atoms with Crippen LogP contribution >= 0.6 is 0 Å². The molecule has 0 bridgehead atoms. The van der Waals surface area contributed by atoms with Gasteiger partial charge in [0.2, 0.25) is 0 Å². The summed E-state index contributed by atoms with van der Waals surface area (Å²) < 4.78 is 74.6. The lowest BCUT2D eigenvalue weighted by Gasteiger charge is -2.20. The Morgan fingerprint density at radius 1 is 1.11 bits per heavy atom. The van der Waals surface area contributed by atoms with Gasteiger partial charge in [-0.1, -0.05) is 6.92 Å². The SMILES string of the molecule is CCc1c(OCC(=O)OC(C)(C)C)cc(OS(=O)(=O)C(F)(F)F)cc1C(C)=O. The molecule has 0 radical (unpaired) electrons. The van der Waals surface area contributed by atoms with Crippen LogP contribution < -0.4 is 8.92 Å². The van der Waals surface area contributed by atoms with Gasteiger partial charge >= 0.3 is 21.6 Å². The number of carbonyl (C=O) groups excluding carboxylic acids is 2. The number of carbonyl (C=O) groups is 2. The third-order valence-electron chi connectivity index (χ3n) is 3.17. The molecule has 0 heterocycles. The zero-order valence-electron chi connectivity index (χ0n) is 16.0. The molecule has 1 rings (SSSR count). The molecule has 0 saturated carbocycles. The first-order valence-corrected chi connectivity index (χ1v) is 9.51. The van der Waals surface area contributed by atoms with Crippen molar-refractivity contribution in [2.24, 2.45) is 0 Å². The van der Waals surface area contributed by atoms with Gasteiger partial charge in [-0.3, -0.25) is 4.79 Å². The van der Waals surface area contributed by atoms with Crippen LogP contribution in [0.3, 0.4) is 0 Å². The zero-order valence-corrected chi connectivity index (χ0v) is 16.8. The number of hydrogen-bond acceptors (Lipinski definition) is 7. The van der Waals surface area contributed by atoms with Gasteiger partial charge < -0.3 is 13.7 Å². The average molecular weight is 426 g/mol. The maximum atomic E-state index is 12.6. The second-order valence-corrected chi connectivity index (χ2v) is 8.25. The van der Waals surface area contributed by atoms with Crippen molar-refractivity contribution in [3.05, 3.63) is 23.3 Å². The largest absolute Gasteiger partial charge is 0.534 e. The molecule has 0 aliphatic carbocycles. The summed E-state index contributed by atoms with van der Waals surface area (Å²) in [6.45, 7) is 7.09. The Labute approximate surface area is 160 Å². The fraction of sp³-hybridized carbons (Fsp3) is 0.529. The molecule has 0 atom stereocenters. The number of alkyl halides is 3. The lowest BCUT2D eigenvalue weighted by Crippen LogP contribution is -2.28. The predicted octanol–water partition coefficient (Wildman–Crippen LogP) is 3.40. The van der Waals surface area contributed by atoms with Gasteiger partial charge in [0.25, 0.3) is 0 Å². The minimum absolute atomic E-state index is 0.0865. The molecular weight excluding hydrogens is 405 g/mol. The molecular formula is C17H21F3O7S. The van der Waals surface area contributed by atoms with Gasteiger partial charge in [-0.2, -0.15) is 21.6 Å². The standard InChI is InChI=1S/C17H21F3O7S/c1-6-12-13(10(2)21)7-11(27-28(23,24)17(18,19)20)8-14(12)25-9-15(22)26-16(3,4)5/h7-8H,6,9H2,1-5H3. The van der Waals surface area contributed by atoms with Gasteiger partial charge in [-0.15, -0.1) is 0 Å². The molecule has 28 heavy (non-hydrogen) atoms. The quantitative estimate of drug-likeness (QED) is 0.285. The lowest BCUT2D eigenvalue weighted by molar-refractivity contribution is -0.157.